The number of hydrogen-bond acceptors (Lipinski definition) is 5. The van der Waals surface area contributed by atoms with Crippen molar-refractivity contribution < 1.29 is 4.79 Å². The summed E-state index contributed by atoms with van der Waals surface area (Å²) in [6.07, 6.45) is 5.37. The Balaban J connectivity index is 2.75. The van der Waals surface area contributed by atoms with Crippen LogP contribution in [0.2, 0.25) is 0 Å². The molecule has 1 heterocycles. The van der Waals surface area contributed by atoms with Crippen LogP contribution in [0, 0.1) is 0 Å². The molecule has 1 atom stereocenters. The summed E-state index contributed by atoms with van der Waals surface area (Å²) >= 11 is 1.36. The first-order valence-corrected chi connectivity index (χ1v) is 8.63. The standard InChI is InChI=1S/C15H28N4OS/c1-5-8-10-11(9-6-2)17-14(20)12-13(16)18-15(21-12)19(4)7-3/h11H,5-10,16H2,1-4H3,(H,17,20). The van der Waals surface area contributed by atoms with Gasteiger partial charge >= 0.3 is 0 Å². The van der Waals surface area contributed by atoms with Gasteiger partial charge in [0.25, 0.3) is 5.91 Å². The highest BCUT2D eigenvalue weighted by Gasteiger charge is 2.20. The van der Waals surface area contributed by atoms with Crippen LogP contribution in [0.5, 0.6) is 0 Å². The molecule has 1 rings (SSSR count). The average molecular weight is 312 g/mol. The lowest BCUT2D eigenvalue weighted by Gasteiger charge is -2.17. The lowest BCUT2D eigenvalue weighted by atomic mass is 10.1. The number of nitrogens with zero attached hydrogens (tertiary/aromatic N) is 2. The number of anilines is 2. The van der Waals surface area contributed by atoms with E-state index in [1.165, 1.54) is 11.3 Å². The van der Waals surface area contributed by atoms with Gasteiger partial charge in [0.15, 0.2) is 5.13 Å². The molecular weight excluding hydrogens is 284 g/mol. The summed E-state index contributed by atoms with van der Waals surface area (Å²) in [5.74, 6) is 0.244. The van der Waals surface area contributed by atoms with Gasteiger partial charge in [0.05, 0.1) is 0 Å². The fraction of sp³-hybridized carbons (Fsp3) is 0.733. The molecule has 0 saturated heterocycles. The van der Waals surface area contributed by atoms with E-state index in [1.807, 2.05) is 18.9 Å². The molecule has 0 bridgehead atoms. The number of carbonyl (C=O) groups excluding carboxylic acids is 1. The minimum Gasteiger partial charge on any atom is -0.382 e. The number of rotatable bonds is 9. The number of amides is 1. The Labute approximate surface area is 131 Å². The second kappa shape index (κ2) is 8.87. The van der Waals surface area contributed by atoms with E-state index in [0.29, 0.717) is 10.7 Å². The van der Waals surface area contributed by atoms with Crippen LogP contribution in [0.4, 0.5) is 10.9 Å². The number of nitrogens with one attached hydrogen (secondary N) is 1. The third kappa shape index (κ3) is 5.19. The molecule has 1 aromatic rings. The minimum atomic E-state index is -0.0877. The molecule has 120 valence electrons. The molecule has 21 heavy (non-hydrogen) atoms. The van der Waals surface area contributed by atoms with Crippen LogP contribution < -0.4 is 16.0 Å². The van der Waals surface area contributed by atoms with Gasteiger partial charge in [-0.05, 0) is 19.8 Å². The van der Waals surface area contributed by atoms with Gasteiger partial charge in [0.2, 0.25) is 0 Å². The smallest absolute Gasteiger partial charge is 0.265 e. The SMILES string of the molecule is CCCCC(CCC)NC(=O)c1sc(N(C)CC)nc1N. The van der Waals surface area contributed by atoms with Crippen molar-refractivity contribution in [1.82, 2.24) is 10.3 Å². The molecule has 0 saturated carbocycles. The van der Waals surface area contributed by atoms with E-state index >= 15 is 0 Å². The van der Waals surface area contributed by atoms with Gasteiger partial charge in [0, 0.05) is 19.6 Å². The Morgan fingerprint density at radius 2 is 2.05 bits per heavy atom. The molecule has 0 aliphatic carbocycles. The maximum Gasteiger partial charge on any atom is 0.265 e. The monoisotopic (exact) mass is 312 g/mol. The number of nitrogens with two attached hydrogens (primary N) is 1. The number of aromatic nitrogens is 1. The van der Waals surface area contributed by atoms with E-state index in [-0.39, 0.29) is 11.9 Å². The fourth-order valence-corrected chi connectivity index (χ4v) is 3.03. The summed E-state index contributed by atoms with van der Waals surface area (Å²) < 4.78 is 0. The molecule has 0 fully saturated rings. The van der Waals surface area contributed by atoms with Crippen molar-refractivity contribution in [2.75, 3.05) is 24.2 Å². The summed E-state index contributed by atoms with van der Waals surface area (Å²) in [5, 5.41) is 3.91. The van der Waals surface area contributed by atoms with Crippen molar-refractivity contribution in [3.63, 3.8) is 0 Å². The van der Waals surface area contributed by atoms with Crippen LogP contribution in [-0.2, 0) is 0 Å². The van der Waals surface area contributed by atoms with E-state index in [4.69, 9.17) is 5.73 Å². The number of unbranched alkanes of at least 4 members (excludes halogenated alkanes) is 1. The fourth-order valence-electron chi connectivity index (χ4n) is 2.12. The summed E-state index contributed by atoms with van der Waals surface area (Å²) in [4.78, 5) is 19.2. The van der Waals surface area contributed by atoms with Gasteiger partial charge in [-0.2, -0.15) is 0 Å². The summed E-state index contributed by atoms with van der Waals surface area (Å²) in [7, 11) is 1.95. The summed E-state index contributed by atoms with van der Waals surface area (Å²) in [6.45, 7) is 7.18. The summed E-state index contributed by atoms with van der Waals surface area (Å²) in [5.41, 5.74) is 5.90. The highest BCUT2D eigenvalue weighted by molar-refractivity contribution is 7.18. The predicted octanol–water partition coefficient (Wildman–Crippen LogP) is 3.27. The quantitative estimate of drug-likeness (QED) is 0.734. The Hall–Kier alpha value is -1.30. The molecule has 3 N–H and O–H groups in total. The van der Waals surface area contributed by atoms with Crippen LogP contribution in [-0.4, -0.2) is 30.5 Å². The molecule has 0 aliphatic heterocycles. The average Bonchev–Trinajstić information content (AvgIpc) is 2.86. The first kappa shape index (κ1) is 17.8. The number of hydrogen-bond donors (Lipinski definition) is 2. The van der Waals surface area contributed by atoms with Crippen molar-refractivity contribution in [2.45, 2.75) is 58.9 Å². The zero-order valence-corrected chi connectivity index (χ0v) is 14.4. The van der Waals surface area contributed by atoms with E-state index in [2.05, 4.69) is 24.1 Å². The molecule has 1 amide bonds. The maximum absolute atomic E-state index is 12.4. The van der Waals surface area contributed by atoms with Crippen LogP contribution in [0.15, 0.2) is 0 Å². The van der Waals surface area contributed by atoms with Crippen LogP contribution in [0.1, 0.15) is 62.5 Å². The van der Waals surface area contributed by atoms with E-state index in [0.717, 1.165) is 43.8 Å². The molecular formula is C15H28N4OS. The molecule has 0 spiro atoms. The Morgan fingerprint density at radius 1 is 1.33 bits per heavy atom. The van der Waals surface area contributed by atoms with Crippen molar-refractivity contribution in [3.8, 4) is 0 Å². The lowest BCUT2D eigenvalue weighted by molar-refractivity contribution is 0.0937. The van der Waals surface area contributed by atoms with Crippen LogP contribution >= 0.6 is 11.3 Å². The zero-order chi connectivity index (χ0) is 15.8. The van der Waals surface area contributed by atoms with Gasteiger partial charge in [-0.25, -0.2) is 4.98 Å². The second-order valence-electron chi connectivity index (χ2n) is 5.33. The van der Waals surface area contributed by atoms with E-state index < -0.39 is 0 Å². The molecule has 5 nitrogen and oxygen atoms in total. The molecule has 1 unspecified atom stereocenters. The highest BCUT2D eigenvalue weighted by atomic mass is 32.1. The van der Waals surface area contributed by atoms with E-state index in [9.17, 15) is 4.79 Å². The number of thiazole rings is 1. The first-order chi connectivity index (χ1) is 10.0. The third-order valence-electron chi connectivity index (χ3n) is 3.53. The van der Waals surface area contributed by atoms with Crippen molar-refractivity contribution in [2.24, 2.45) is 0 Å². The van der Waals surface area contributed by atoms with Crippen molar-refractivity contribution in [1.29, 1.82) is 0 Å². The molecule has 0 aromatic carbocycles. The van der Waals surface area contributed by atoms with Gasteiger partial charge < -0.3 is 16.0 Å². The van der Waals surface area contributed by atoms with Crippen LogP contribution in [0.25, 0.3) is 0 Å². The normalized spacial score (nSPS) is 12.2. The topological polar surface area (TPSA) is 71.2 Å². The Bertz CT molecular complexity index is 447. The molecule has 0 aliphatic rings. The van der Waals surface area contributed by atoms with Gasteiger partial charge in [-0.15, -0.1) is 0 Å². The minimum absolute atomic E-state index is 0.0877. The molecule has 6 heteroatoms. The molecule has 0 radical (unpaired) electrons. The largest absolute Gasteiger partial charge is 0.382 e. The van der Waals surface area contributed by atoms with Crippen LogP contribution in [0.3, 0.4) is 0 Å². The highest BCUT2D eigenvalue weighted by Crippen LogP contribution is 2.27. The zero-order valence-electron chi connectivity index (χ0n) is 13.6. The van der Waals surface area contributed by atoms with Crippen molar-refractivity contribution in [3.05, 3.63) is 4.88 Å². The van der Waals surface area contributed by atoms with Gasteiger partial charge in [0.1, 0.15) is 10.7 Å². The van der Waals surface area contributed by atoms with Gasteiger partial charge in [-0.1, -0.05) is 44.4 Å². The predicted molar refractivity (Wildman–Crippen MR) is 91.2 cm³/mol. The number of nitrogen functional groups attached to an aromatic ring is 1. The Morgan fingerprint density at radius 3 is 2.62 bits per heavy atom. The Kier molecular flexibility index (Phi) is 7.50. The second-order valence-corrected chi connectivity index (χ2v) is 6.30. The lowest BCUT2D eigenvalue weighted by Crippen LogP contribution is -2.34. The van der Waals surface area contributed by atoms with E-state index in [1.54, 1.807) is 0 Å². The first-order valence-electron chi connectivity index (χ1n) is 7.81. The third-order valence-corrected chi connectivity index (χ3v) is 4.71. The maximum atomic E-state index is 12.4. The summed E-state index contributed by atoms with van der Waals surface area (Å²) in [6, 6.07) is 0.233. The van der Waals surface area contributed by atoms with Crippen molar-refractivity contribution >= 4 is 28.2 Å². The number of carbonyl (C=O) groups is 1. The molecule has 1 aromatic heterocycles. The van der Waals surface area contributed by atoms with Gasteiger partial charge in [-0.3, -0.25) is 4.79 Å².